The van der Waals surface area contributed by atoms with Crippen LogP contribution >= 0.6 is 0 Å². The van der Waals surface area contributed by atoms with Crippen LogP contribution in [0.1, 0.15) is 25.3 Å². The van der Waals surface area contributed by atoms with Gasteiger partial charge in [-0.2, -0.15) is 0 Å². The predicted molar refractivity (Wildman–Crippen MR) is 56.8 cm³/mol. The van der Waals surface area contributed by atoms with Crippen LogP contribution in [0.3, 0.4) is 0 Å². The fourth-order valence-electron chi connectivity index (χ4n) is 1.49. The lowest BCUT2D eigenvalue weighted by Crippen LogP contribution is -2.03. The van der Waals surface area contributed by atoms with Gasteiger partial charge in [0.1, 0.15) is 0 Å². The summed E-state index contributed by atoms with van der Waals surface area (Å²) in [5, 5.41) is 3.18. The van der Waals surface area contributed by atoms with E-state index >= 15 is 0 Å². The van der Waals surface area contributed by atoms with E-state index in [1.54, 1.807) is 6.20 Å². The zero-order valence-corrected chi connectivity index (χ0v) is 8.71. The van der Waals surface area contributed by atoms with Crippen LogP contribution < -0.4 is 10.1 Å². The molecule has 0 amide bonds. The molecule has 1 aliphatic carbocycles. The molecule has 1 aromatic rings. The Balaban J connectivity index is 2.26. The molecule has 0 unspecified atom stereocenters. The molecule has 3 heteroatoms. The van der Waals surface area contributed by atoms with Crippen LogP contribution in [-0.4, -0.2) is 18.1 Å². The Bertz CT molecular complexity index is 321. The van der Waals surface area contributed by atoms with Crippen molar-refractivity contribution in [2.75, 3.05) is 12.4 Å². The number of ether oxygens (including phenoxy) is 1. The number of aromatic nitrogens is 1. The van der Waals surface area contributed by atoms with Gasteiger partial charge in [-0.1, -0.05) is 6.92 Å². The summed E-state index contributed by atoms with van der Waals surface area (Å²) < 4.78 is 5.76. The molecule has 0 saturated heterocycles. The second kappa shape index (κ2) is 3.86. The molecule has 1 fully saturated rings. The largest absolute Gasteiger partial charge is 0.487 e. The topological polar surface area (TPSA) is 34.1 Å². The third-order valence-electron chi connectivity index (χ3n) is 2.44. The van der Waals surface area contributed by atoms with Crippen molar-refractivity contribution in [3.8, 4) is 5.75 Å². The number of aryl methyl sites for hydroxylation is 1. The van der Waals surface area contributed by atoms with Gasteiger partial charge in [-0.05, 0) is 24.8 Å². The highest BCUT2D eigenvalue weighted by Gasteiger charge is 2.25. The van der Waals surface area contributed by atoms with Gasteiger partial charge in [0, 0.05) is 13.2 Å². The Morgan fingerprint density at radius 1 is 1.50 bits per heavy atom. The molecule has 76 valence electrons. The van der Waals surface area contributed by atoms with Gasteiger partial charge in [0.25, 0.3) is 0 Å². The Morgan fingerprint density at radius 2 is 2.29 bits per heavy atom. The first kappa shape index (κ1) is 9.31. The molecule has 1 aliphatic rings. The van der Waals surface area contributed by atoms with Crippen molar-refractivity contribution in [3.05, 3.63) is 18.0 Å². The Labute approximate surface area is 84.5 Å². The monoisotopic (exact) mass is 192 g/mol. The molecule has 0 aliphatic heterocycles. The molecule has 2 rings (SSSR count). The Morgan fingerprint density at radius 3 is 2.86 bits per heavy atom. The maximum absolute atomic E-state index is 5.76. The van der Waals surface area contributed by atoms with E-state index in [1.165, 1.54) is 18.4 Å². The summed E-state index contributed by atoms with van der Waals surface area (Å²) in [6, 6.07) is 0. The fourth-order valence-corrected chi connectivity index (χ4v) is 1.49. The van der Waals surface area contributed by atoms with Crippen LogP contribution in [0.5, 0.6) is 5.75 Å². The van der Waals surface area contributed by atoms with E-state index in [0.717, 1.165) is 17.9 Å². The smallest absolute Gasteiger partial charge is 0.161 e. The Kier molecular flexibility index (Phi) is 2.57. The van der Waals surface area contributed by atoms with Crippen LogP contribution in [-0.2, 0) is 6.42 Å². The SMILES string of the molecule is CCc1cncc(OC2CC2)c1NC. The quantitative estimate of drug-likeness (QED) is 0.794. The normalized spacial score (nSPS) is 15.3. The van der Waals surface area contributed by atoms with E-state index in [0.29, 0.717) is 6.10 Å². The van der Waals surface area contributed by atoms with Crippen molar-refractivity contribution in [2.45, 2.75) is 32.3 Å². The predicted octanol–water partition coefficient (Wildman–Crippen LogP) is 2.23. The number of hydrogen-bond donors (Lipinski definition) is 1. The first-order valence-electron chi connectivity index (χ1n) is 5.16. The van der Waals surface area contributed by atoms with Crippen LogP contribution in [0.25, 0.3) is 0 Å². The summed E-state index contributed by atoms with van der Waals surface area (Å²) in [6.45, 7) is 2.12. The van der Waals surface area contributed by atoms with E-state index in [1.807, 2.05) is 13.2 Å². The summed E-state index contributed by atoms with van der Waals surface area (Å²) in [6.07, 6.45) is 7.45. The standard InChI is InChI=1S/C11H16N2O/c1-3-8-6-13-7-10(11(8)12-2)14-9-4-5-9/h6-7,9H,3-5H2,1-2H3,(H,12,13). The van der Waals surface area contributed by atoms with E-state index in [2.05, 4.69) is 17.2 Å². The van der Waals surface area contributed by atoms with E-state index in [4.69, 9.17) is 4.74 Å². The lowest BCUT2D eigenvalue weighted by Gasteiger charge is -2.13. The van der Waals surface area contributed by atoms with Crippen molar-refractivity contribution in [1.82, 2.24) is 4.98 Å². The number of rotatable bonds is 4. The second-order valence-electron chi connectivity index (χ2n) is 3.59. The molecule has 0 radical (unpaired) electrons. The third kappa shape index (κ3) is 1.81. The van der Waals surface area contributed by atoms with Gasteiger partial charge in [-0.25, -0.2) is 0 Å². The molecule has 0 aromatic carbocycles. The Hall–Kier alpha value is -1.25. The van der Waals surface area contributed by atoms with Gasteiger partial charge < -0.3 is 10.1 Å². The maximum Gasteiger partial charge on any atom is 0.161 e. The number of hydrogen-bond acceptors (Lipinski definition) is 3. The molecular weight excluding hydrogens is 176 g/mol. The molecule has 1 aromatic heterocycles. The summed E-state index contributed by atoms with van der Waals surface area (Å²) in [5.41, 5.74) is 2.31. The first-order chi connectivity index (χ1) is 6.85. The average Bonchev–Trinajstić information content (AvgIpc) is 3.01. The van der Waals surface area contributed by atoms with Gasteiger partial charge in [0.05, 0.1) is 18.0 Å². The van der Waals surface area contributed by atoms with E-state index < -0.39 is 0 Å². The highest BCUT2D eigenvalue weighted by molar-refractivity contribution is 5.60. The van der Waals surface area contributed by atoms with Crippen LogP contribution in [0.15, 0.2) is 12.4 Å². The number of anilines is 1. The molecule has 14 heavy (non-hydrogen) atoms. The molecule has 1 N–H and O–H groups in total. The lowest BCUT2D eigenvalue weighted by atomic mass is 10.2. The van der Waals surface area contributed by atoms with Crippen molar-refractivity contribution in [2.24, 2.45) is 0 Å². The van der Waals surface area contributed by atoms with Crippen molar-refractivity contribution in [3.63, 3.8) is 0 Å². The molecule has 0 bridgehead atoms. The average molecular weight is 192 g/mol. The second-order valence-corrected chi connectivity index (χ2v) is 3.59. The zero-order chi connectivity index (χ0) is 9.97. The lowest BCUT2D eigenvalue weighted by molar-refractivity contribution is 0.303. The fraction of sp³-hybridized carbons (Fsp3) is 0.545. The minimum absolute atomic E-state index is 0.427. The third-order valence-corrected chi connectivity index (χ3v) is 2.44. The van der Waals surface area contributed by atoms with E-state index in [9.17, 15) is 0 Å². The minimum Gasteiger partial charge on any atom is -0.487 e. The molecule has 1 saturated carbocycles. The van der Waals surface area contributed by atoms with Crippen molar-refractivity contribution >= 4 is 5.69 Å². The molecule has 3 nitrogen and oxygen atoms in total. The highest BCUT2D eigenvalue weighted by Crippen LogP contribution is 2.33. The molecule has 0 atom stereocenters. The van der Waals surface area contributed by atoms with Gasteiger partial charge in [-0.15, -0.1) is 0 Å². The molecule has 0 spiro atoms. The minimum atomic E-state index is 0.427. The summed E-state index contributed by atoms with van der Waals surface area (Å²) in [7, 11) is 1.92. The number of nitrogens with zero attached hydrogens (tertiary/aromatic N) is 1. The summed E-state index contributed by atoms with van der Waals surface area (Å²) in [5.74, 6) is 0.898. The molecular formula is C11H16N2O. The number of nitrogens with one attached hydrogen (secondary N) is 1. The summed E-state index contributed by atoms with van der Waals surface area (Å²) in [4.78, 5) is 4.18. The zero-order valence-electron chi connectivity index (χ0n) is 8.71. The van der Waals surface area contributed by atoms with Crippen LogP contribution in [0, 0.1) is 0 Å². The highest BCUT2D eigenvalue weighted by atomic mass is 16.5. The van der Waals surface area contributed by atoms with Gasteiger partial charge in [0.2, 0.25) is 0 Å². The molecule has 1 heterocycles. The van der Waals surface area contributed by atoms with Crippen molar-refractivity contribution < 1.29 is 4.74 Å². The van der Waals surface area contributed by atoms with E-state index in [-0.39, 0.29) is 0 Å². The summed E-state index contributed by atoms with van der Waals surface area (Å²) >= 11 is 0. The first-order valence-corrected chi connectivity index (χ1v) is 5.16. The van der Waals surface area contributed by atoms with Crippen LogP contribution in [0.2, 0.25) is 0 Å². The van der Waals surface area contributed by atoms with Crippen LogP contribution in [0.4, 0.5) is 5.69 Å². The maximum atomic E-state index is 5.76. The van der Waals surface area contributed by atoms with Gasteiger partial charge in [-0.3, -0.25) is 4.98 Å². The number of pyridine rings is 1. The van der Waals surface area contributed by atoms with Crippen molar-refractivity contribution in [1.29, 1.82) is 0 Å². The van der Waals surface area contributed by atoms with Gasteiger partial charge >= 0.3 is 0 Å². The van der Waals surface area contributed by atoms with Gasteiger partial charge in [0.15, 0.2) is 5.75 Å².